The molecule has 170 valence electrons. The van der Waals surface area contributed by atoms with Gasteiger partial charge in [-0.15, -0.1) is 24.0 Å². The Morgan fingerprint density at radius 3 is 2.42 bits per heavy atom. The lowest BCUT2D eigenvalue weighted by molar-refractivity contribution is -0.114. The molecule has 0 bridgehead atoms. The van der Waals surface area contributed by atoms with Crippen LogP contribution in [0.25, 0.3) is 0 Å². The predicted molar refractivity (Wildman–Crippen MR) is 137 cm³/mol. The van der Waals surface area contributed by atoms with Crippen molar-refractivity contribution in [3.05, 3.63) is 54.1 Å². The number of ether oxygens (including phenoxy) is 2. The molecule has 0 aliphatic heterocycles. The molecule has 0 aliphatic rings. The van der Waals surface area contributed by atoms with Crippen molar-refractivity contribution in [2.45, 2.75) is 26.2 Å². The summed E-state index contributed by atoms with van der Waals surface area (Å²) in [5, 5.41) is 9.32. The summed E-state index contributed by atoms with van der Waals surface area (Å²) >= 11 is 0. The van der Waals surface area contributed by atoms with E-state index in [1.54, 1.807) is 20.2 Å². The Bertz CT molecular complexity index is 828. The van der Waals surface area contributed by atoms with Crippen LogP contribution < -0.4 is 25.4 Å². The summed E-state index contributed by atoms with van der Waals surface area (Å²) in [7, 11) is 3.43. The molecular formula is C23H33IN4O3. The normalized spacial score (nSPS) is 11.7. The second kappa shape index (κ2) is 14.5. The molecule has 2 rings (SSSR count). The minimum atomic E-state index is -0.106. The van der Waals surface area contributed by atoms with E-state index in [-0.39, 0.29) is 29.9 Å². The van der Waals surface area contributed by atoms with Gasteiger partial charge in [0.25, 0.3) is 0 Å². The third kappa shape index (κ3) is 9.91. The maximum atomic E-state index is 11.1. The number of hydrogen-bond donors (Lipinski definition) is 3. The number of hydrogen-bond acceptors (Lipinski definition) is 4. The SMILES string of the molecule is CN=C(NCCOc1cccc(NC(C)=O)c1)NCCC(C)c1ccc(OC)cc1.I. The van der Waals surface area contributed by atoms with Crippen molar-refractivity contribution in [2.75, 3.05) is 39.2 Å². The molecule has 0 aliphatic carbocycles. The van der Waals surface area contributed by atoms with E-state index in [9.17, 15) is 4.79 Å². The lowest BCUT2D eigenvalue weighted by Gasteiger charge is -2.16. The summed E-state index contributed by atoms with van der Waals surface area (Å²) in [5.41, 5.74) is 2.01. The lowest BCUT2D eigenvalue weighted by Crippen LogP contribution is -2.39. The molecule has 1 atom stereocenters. The number of nitrogens with zero attached hydrogens (tertiary/aromatic N) is 1. The van der Waals surface area contributed by atoms with Crippen molar-refractivity contribution in [1.82, 2.24) is 10.6 Å². The Balaban J connectivity index is 0.00000480. The zero-order valence-corrected chi connectivity index (χ0v) is 20.9. The fraction of sp³-hybridized carbons (Fsp3) is 0.391. The number of halogens is 1. The van der Waals surface area contributed by atoms with E-state index in [2.05, 4.69) is 40.0 Å². The van der Waals surface area contributed by atoms with E-state index < -0.39 is 0 Å². The number of carbonyl (C=O) groups excluding carboxylic acids is 1. The van der Waals surface area contributed by atoms with Crippen LogP contribution in [-0.2, 0) is 4.79 Å². The van der Waals surface area contributed by atoms with Crippen LogP contribution in [0.3, 0.4) is 0 Å². The monoisotopic (exact) mass is 540 g/mol. The highest BCUT2D eigenvalue weighted by Crippen LogP contribution is 2.21. The maximum absolute atomic E-state index is 11.1. The zero-order valence-electron chi connectivity index (χ0n) is 18.6. The quantitative estimate of drug-likeness (QED) is 0.184. The Kier molecular flexibility index (Phi) is 12.4. The van der Waals surface area contributed by atoms with Gasteiger partial charge in [0.15, 0.2) is 5.96 Å². The van der Waals surface area contributed by atoms with Gasteiger partial charge in [0.2, 0.25) is 5.91 Å². The van der Waals surface area contributed by atoms with Crippen LogP contribution in [0, 0.1) is 0 Å². The number of nitrogens with one attached hydrogen (secondary N) is 3. The van der Waals surface area contributed by atoms with Gasteiger partial charge in [-0.1, -0.05) is 25.1 Å². The minimum Gasteiger partial charge on any atom is -0.497 e. The van der Waals surface area contributed by atoms with Gasteiger partial charge in [-0.2, -0.15) is 0 Å². The van der Waals surface area contributed by atoms with Crippen LogP contribution >= 0.6 is 24.0 Å². The number of aliphatic imine (C=N–C) groups is 1. The molecule has 0 heterocycles. The van der Waals surface area contributed by atoms with Gasteiger partial charge < -0.3 is 25.4 Å². The minimum absolute atomic E-state index is 0. The molecule has 2 aromatic carbocycles. The van der Waals surface area contributed by atoms with Crippen LogP contribution in [0.5, 0.6) is 11.5 Å². The maximum Gasteiger partial charge on any atom is 0.221 e. The van der Waals surface area contributed by atoms with Crippen molar-refractivity contribution < 1.29 is 14.3 Å². The number of benzene rings is 2. The number of methoxy groups -OCH3 is 1. The summed E-state index contributed by atoms with van der Waals surface area (Å²) < 4.78 is 10.9. The second-order valence-corrected chi connectivity index (χ2v) is 6.95. The molecule has 1 unspecified atom stereocenters. The number of guanidine groups is 1. The van der Waals surface area contributed by atoms with Gasteiger partial charge in [-0.25, -0.2) is 0 Å². The van der Waals surface area contributed by atoms with Crippen molar-refractivity contribution in [3.8, 4) is 11.5 Å². The molecular weight excluding hydrogens is 507 g/mol. The molecule has 0 fully saturated rings. The van der Waals surface area contributed by atoms with Gasteiger partial charge in [0.05, 0.1) is 13.7 Å². The zero-order chi connectivity index (χ0) is 21.8. The summed E-state index contributed by atoms with van der Waals surface area (Å²) in [4.78, 5) is 15.4. The molecule has 0 saturated heterocycles. The first-order valence-electron chi connectivity index (χ1n) is 10.1. The Morgan fingerprint density at radius 1 is 1.06 bits per heavy atom. The number of rotatable bonds is 10. The summed E-state index contributed by atoms with van der Waals surface area (Å²) in [6.07, 6.45) is 0.986. The van der Waals surface area contributed by atoms with Crippen molar-refractivity contribution in [1.29, 1.82) is 0 Å². The number of anilines is 1. The van der Waals surface area contributed by atoms with E-state index in [0.717, 1.165) is 30.4 Å². The Hall–Kier alpha value is -2.49. The molecule has 0 spiro atoms. The molecule has 0 radical (unpaired) electrons. The Labute approximate surface area is 202 Å². The van der Waals surface area contributed by atoms with Gasteiger partial charge >= 0.3 is 0 Å². The highest BCUT2D eigenvalue weighted by Gasteiger charge is 2.06. The number of carbonyl (C=O) groups is 1. The van der Waals surface area contributed by atoms with E-state index >= 15 is 0 Å². The first-order valence-corrected chi connectivity index (χ1v) is 10.1. The third-order valence-corrected chi connectivity index (χ3v) is 4.60. The van der Waals surface area contributed by atoms with Crippen LogP contribution in [0.1, 0.15) is 31.7 Å². The summed E-state index contributed by atoms with van der Waals surface area (Å²) in [6, 6.07) is 15.5. The van der Waals surface area contributed by atoms with Gasteiger partial charge in [-0.3, -0.25) is 9.79 Å². The Morgan fingerprint density at radius 2 is 1.77 bits per heavy atom. The van der Waals surface area contributed by atoms with Crippen LogP contribution in [0.4, 0.5) is 5.69 Å². The van der Waals surface area contributed by atoms with Crippen molar-refractivity contribution >= 4 is 41.5 Å². The topological polar surface area (TPSA) is 84.0 Å². The predicted octanol–water partition coefficient (Wildman–Crippen LogP) is 4.01. The standard InChI is InChI=1S/C23H32N4O3.HI/c1-17(19-8-10-21(29-4)11-9-19)12-13-25-23(24-3)26-14-15-30-22-7-5-6-20(16-22)27-18(2)28;/h5-11,16-17H,12-15H2,1-4H3,(H,27,28)(H2,24,25,26);1H. The van der Waals surface area contributed by atoms with Crippen molar-refractivity contribution in [2.24, 2.45) is 4.99 Å². The molecule has 2 aromatic rings. The lowest BCUT2D eigenvalue weighted by atomic mass is 9.98. The molecule has 8 heteroatoms. The molecule has 0 aromatic heterocycles. The van der Waals surface area contributed by atoms with Gasteiger partial charge in [-0.05, 0) is 42.2 Å². The summed E-state index contributed by atoms with van der Waals surface area (Å²) in [6.45, 7) is 5.59. The largest absolute Gasteiger partial charge is 0.497 e. The van der Waals surface area contributed by atoms with Gasteiger partial charge in [0, 0.05) is 32.3 Å². The highest BCUT2D eigenvalue weighted by atomic mass is 127. The summed E-state index contributed by atoms with van der Waals surface area (Å²) in [5.74, 6) is 2.65. The smallest absolute Gasteiger partial charge is 0.221 e. The van der Waals surface area contributed by atoms with Crippen LogP contribution in [0.2, 0.25) is 0 Å². The van der Waals surface area contributed by atoms with E-state index in [4.69, 9.17) is 9.47 Å². The van der Waals surface area contributed by atoms with E-state index in [0.29, 0.717) is 24.8 Å². The van der Waals surface area contributed by atoms with E-state index in [1.165, 1.54) is 12.5 Å². The first kappa shape index (κ1) is 26.5. The van der Waals surface area contributed by atoms with Crippen LogP contribution in [0.15, 0.2) is 53.5 Å². The van der Waals surface area contributed by atoms with E-state index in [1.807, 2.05) is 30.3 Å². The molecule has 3 N–H and O–H groups in total. The molecule has 31 heavy (non-hydrogen) atoms. The number of amides is 1. The first-order chi connectivity index (χ1) is 14.5. The van der Waals surface area contributed by atoms with Crippen molar-refractivity contribution in [3.63, 3.8) is 0 Å². The highest BCUT2D eigenvalue weighted by molar-refractivity contribution is 14.0. The average Bonchev–Trinajstić information content (AvgIpc) is 2.75. The van der Waals surface area contributed by atoms with Crippen LogP contribution in [-0.4, -0.2) is 45.7 Å². The molecule has 1 amide bonds. The fourth-order valence-corrected chi connectivity index (χ4v) is 2.93. The second-order valence-electron chi connectivity index (χ2n) is 6.95. The average molecular weight is 540 g/mol. The molecule has 0 saturated carbocycles. The molecule has 7 nitrogen and oxygen atoms in total. The van der Waals surface area contributed by atoms with Gasteiger partial charge in [0.1, 0.15) is 18.1 Å². The fourth-order valence-electron chi connectivity index (χ4n) is 2.93. The third-order valence-electron chi connectivity index (χ3n) is 4.60.